The van der Waals surface area contributed by atoms with Gasteiger partial charge in [-0.05, 0) is 50.6 Å². The summed E-state index contributed by atoms with van der Waals surface area (Å²) in [6.07, 6.45) is -0.241. The number of nitrogens with zero attached hydrogens (tertiary/aromatic N) is 3. The molecule has 2 aromatic carbocycles. The third-order valence-electron chi connectivity index (χ3n) is 6.63. The van der Waals surface area contributed by atoms with Crippen LogP contribution in [0.4, 0.5) is 17.5 Å². The van der Waals surface area contributed by atoms with Crippen LogP contribution in [0.25, 0.3) is 20.8 Å². The van der Waals surface area contributed by atoms with Crippen LogP contribution in [0.2, 0.25) is 0 Å². The van der Waals surface area contributed by atoms with E-state index in [4.69, 9.17) is 10.7 Å². The molecule has 10 nitrogen and oxygen atoms in total. The lowest BCUT2D eigenvalue weighted by Gasteiger charge is -2.28. The molecule has 1 aliphatic rings. The predicted molar refractivity (Wildman–Crippen MR) is 143 cm³/mol. The van der Waals surface area contributed by atoms with Gasteiger partial charge in [0.25, 0.3) is 0 Å². The van der Waals surface area contributed by atoms with E-state index in [0.29, 0.717) is 34.1 Å². The Balaban J connectivity index is 1.51. The van der Waals surface area contributed by atoms with Crippen LogP contribution in [-0.2, 0) is 0 Å². The molecule has 7 N–H and O–H groups in total. The Bertz CT molecular complexity index is 1420. The fraction of sp³-hybridized carbons (Fsp3) is 0.308. The number of aromatic nitrogens is 3. The van der Waals surface area contributed by atoms with E-state index < -0.39 is 35.7 Å². The highest BCUT2D eigenvalue weighted by molar-refractivity contribution is 7.21. The van der Waals surface area contributed by atoms with Crippen molar-refractivity contribution in [1.82, 2.24) is 15.0 Å². The van der Waals surface area contributed by atoms with Gasteiger partial charge in [0.05, 0.1) is 33.5 Å². The molecule has 37 heavy (non-hydrogen) atoms. The van der Waals surface area contributed by atoms with Crippen molar-refractivity contribution in [2.24, 2.45) is 11.7 Å². The highest BCUT2D eigenvalue weighted by Crippen LogP contribution is 2.39. The summed E-state index contributed by atoms with van der Waals surface area (Å²) in [5.41, 5.74) is 6.62. The van der Waals surface area contributed by atoms with Crippen molar-refractivity contribution in [3.8, 4) is 10.6 Å². The van der Waals surface area contributed by atoms with Crippen molar-refractivity contribution in [1.29, 1.82) is 0 Å². The molecule has 1 saturated carbocycles. The molecule has 1 fully saturated rings. The molecule has 4 atom stereocenters. The average Bonchev–Trinajstić information content (AvgIpc) is 3.41. The number of thiazole rings is 1. The molecule has 0 aliphatic heterocycles. The maximum Gasteiger partial charge on any atom is 0.248 e. The number of nitrogens with two attached hydrogens (primary N) is 1. The molecule has 1 aliphatic carbocycles. The summed E-state index contributed by atoms with van der Waals surface area (Å²) < 4.78 is 1.01. The Morgan fingerprint density at radius 3 is 2.59 bits per heavy atom. The SMILES string of the molecule is CC(C)(O)C1CC(Nc2nc(Nc3cccc(C(N)=O)c3)ncc2-c2nc3ccccc3s2)C(O)C1O. The van der Waals surface area contributed by atoms with Crippen LogP contribution < -0.4 is 16.4 Å². The smallest absolute Gasteiger partial charge is 0.248 e. The summed E-state index contributed by atoms with van der Waals surface area (Å²) in [4.78, 5) is 25.4. The molecule has 0 saturated heterocycles. The van der Waals surface area contributed by atoms with E-state index in [9.17, 15) is 20.1 Å². The van der Waals surface area contributed by atoms with Crippen LogP contribution in [0.5, 0.6) is 0 Å². The molecular weight excluding hydrogens is 492 g/mol. The van der Waals surface area contributed by atoms with Gasteiger partial charge in [-0.3, -0.25) is 4.79 Å². The molecule has 0 spiro atoms. The zero-order valence-corrected chi connectivity index (χ0v) is 21.1. The van der Waals surface area contributed by atoms with E-state index in [0.717, 1.165) is 10.2 Å². The van der Waals surface area contributed by atoms with Gasteiger partial charge in [0.2, 0.25) is 11.9 Å². The van der Waals surface area contributed by atoms with Gasteiger partial charge in [0.15, 0.2) is 0 Å². The summed E-state index contributed by atoms with van der Waals surface area (Å²) in [6.45, 7) is 3.24. The Labute approximate surface area is 217 Å². The Morgan fingerprint density at radius 1 is 1.11 bits per heavy atom. The number of rotatable bonds is 7. The standard InChI is InChI=1S/C26H28N6O4S/c1-26(2,36)16-11-18(21(34)20(16)33)30-23-15(24-31-17-8-3-4-9-19(17)37-24)12-28-25(32-23)29-14-7-5-6-13(10-14)22(27)35/h3-10,12,16,18,20-21,33-34,36H,11H2,1-2H3,(H2,27,35)(H2,28,29,30,32). The maximum atomic E-state index is 11.6. The molecule has 2 aromatic heterocycles. The normalized spacial score (nSPS) is 21.8. The molecule has 192 valence electrons. The minimum absolute atomic E-state index is 0.251. The molecule has 5 rings (SSSR count). The van der Waals surface area contributed by atoms with Gasteiger partial charge >= 0.3 is 0 Å². The summed E-state index contributed by atoms with van der Waals surface area (Å²) in [7, 11) is 0. The number of fused-ring (bicyclic) bond motifs is 1. The number of aliphatic hydroxyl groups is 3. The highest BCUT2D eigenvalue weighted by Gasteiger charge is 2.47. The van der Waals surface area contributed by atoms with Crippen LogP contribution in [0, 0.1) is 5.92 Å². The van der Waals surface area contributed by atoms with Crippen molar-refractivity contribution in [2.75, 3.05) is 10.6 Å². The minimum Gasteiger partial charge on any atom is -0.390 e. The zero-order valence-electron chi connectivity index (χ0n) is 20.3. The summed E-state index contributed by atoms with van der Waals surface area (Å²) in [5, 5.41) is 38.9. The Kier molecular flexibility index (Phi) is 6.54. The number of para-hydroxylation sites is 1. The van der Waals surface area contributed by atoms with Gasteiger partial charge in [-0.1, -0.05) is 18.2 Å². The number of aliphatic hydroxyl groups excluding tert-OH is 2. The fourth-order valence-electron chi connectivity index (χ4n) is 4.63. The van der Waals surface area contributed by atoms with Crippen LogP contribution in [0.15, 0.2) is 54.7 Å². The molecule has 4 unspecified atom stereocenters. The number of nitrogens with one attached hydrogen (secondary N) is 2. The first-order valence-electron chi connectivity index (χ1n) is 11.8. The first-order valence-corrected chi connectivity index (χ1v) is 12.7. The third kappa shape index (κ3) is 5.12. The molecule has 2 heterocycles. The average molecular weight is 521 g/mol. The van der Waals surface area contributed by atoms with E-state index >= 15 is 0 Å². The van der Waals surface area contributed by atoms with Crippen molar-refractivity contribution >= 4 is 44.9 Å². The second-order valence-electron chi connectivity index (χ2n) is 9.74. The minimum atomic E-state index is -1.17. The molecule has 0 radical (unpaired) electrons. The number of benzene rings is 2. The van der Waals surface area contributed by atoms with Gasteiger partial charge in [-0.15, -0.1) is 11.3 Å². The summed E-state index contributed by atoms with van der Waals surface area (Å²) in [5.74, 6) is -0.411. The highest BCUT2D eigenvalue weighted by atomic mass is 32.1. The number of primary amides is 1. The monoisotopic (exact) mass is 520 g/mol. The molecule has 1 amide bonds. The van der Waals surface area contributed by atoms with Gasteiger partial charge in [0.1, 0.15) is 16.9 Å². The zero-order chi connectivity index (χ0) is 26.3. The van der Waals surface area contributed by atoms with Gasteiger partial charge in [-0.2, -0.15) is 4.98 Å². The number of carbonyl (C=O) groups excluding carboxylic acids is 1. The first kappa shape index (κ1) is 25.0. The number of anilines is 3. The van der Waals surface area contributed by atoms with E-state index in [1.165, 1.54) is 11.3 Å². The lowest BCUT2D eigenvalue weighted by molar-refractivity contribution is -0.0601. The van der Waals surface area contributed by atoms with Crippen LogP contribution in [-0.4, -0.2) is 60.0 Å². The van der Waals surface area contributed by atoms with E-state index in [-0.39, 0.29) is 5.95 Å². The third-order valence-corrected chi connectivity index (χ3v) is 7.70. The lowest BCUT2D eigenvalue weighted by atomic mass is 9.88. The lowest BCUT2D eigenvalue weighted by Crippen LogP contribution is -2.40. The first-order chi connectivity index (χ1) is 17.6. The van der Waals surface area contributed by atoms with Crippen molar-refractivity contribution in [2.45, 2.75) is 44.1 Å². The van der Waals surface area contributed by atoms with Crippen LogP contribution >= 0.6 is 11.3 Å². The number of hydrogen-bond acceptors (Lipinski definition) is 10. The number of carbonyl (C=O) groups is 1. The Morgan fingerprint density at radius 2 is 1.89 bits per heavy atom. The van der Waals surface area contributed by atoms with Crippen molar-refractivity contribution < 1.29 is 20.1 Å². The van der Waals surface area contributed by atoms with Gasteiger partial charge in [-0.25, -0.2) is 9.97 Å². The van der Waals surface area contributed by atoms with Gasteiger partial charge in [0, 0.05) is 23.4 Å². The summed E-state index contributed by atoms with van der Waals surface area (Å²) in [6, 6.07) is 13.9. The molecule has 4 aromatic rings. The summed E-state index contributed by atoms with van der Waals surface area (Å²) >= 11 is 1.49. The molecular formula is C26H28N6O4S. The quantitative estimate of drug-likeness (QED) is 0.215. The molecule has 0 bridgehead atoms. The maximum absolute atomic E-state index is 11.6. The topological polar surface area (TPSA) is 167 Å². The van der Waals surface area contributed by atoms with E-state index in [2.05, 4.69) is 20.6 Å². The van der Waals surface area contributed by atoms with E-state index in [1.54, 1.807) is 44.3 Å². The number of hydrogen-bond donors (Lipinski definition) is 6. The Hall–Kier alpha value is -3.64. The van der Waals surface area contributed by atoms with Crippen LogP contribution in [0.3, 0.4) is 0 Å². The molecule has 11 heteroatoms. The second kappa shape index (κ2) is 9.67. The predicted octanol–water partition coefficient (Wildman–Crippen LogP) is 2.89. The van der Waals surface area contributed by atoms with Crippen molar-refractivity contribution in [3.05, 3.63) is 60.3 Å². The van der Waals surface area contributed by atoms with Crippen molar-refractivity contribution in [3.63, 3.8) is 0 Å². The number of amides is 1. The fourth-order valence-corrected chi connectivity index (χ4v) is 5.61. The largest absolute Gasteiger partial charge is 0.390 e. The van der Waals surface area contributed by atoms with Gasteiger partial charge < -0.3 is 31.7 Å². The van der Waals surface area contributed by atoms with Crippen LogP contribution in [0.1, 0.15) is 30.6 Å². The second-order valence-corrected chi connectivity index (χ2v) is 10.8. The van der Waals surface area contributed by atoms with E-state index in [1.807, 2.05) is 24.3 Å².